The molecule has 0 radical (unpaired) electrons. The Labute approximate surface area is 113 Å². The number of halogens is 1. The second-order valence-electron chi connectivity index (χ2n) is 4.87. The van der Waals surface area contributed by atoms with Crippen LogP contribution in [-0.4, -0.2) is 28.3 Å². The molecule has 1 aromatic rings. The summed E-state index contributed by atoms with van der Waals surface area (Å²) in [5.74, 6) is 0.428. The highest BCUT2D eigenvalue weighted by Crippen LogP contribution is 2.23. The molecule has 5 heteroatoms. The Hall–Kier alpha value is -0.870. The lowest BCUT2D eigenvalue weighted by Gasteiger charge is -2.31. The fourth-order valence-corrected chi connectivity index (χ4v) is 2.51. The van der Waals surface area contributed by atoms with Crippen LogP contribution in [0.5, 0.6) is 6.01 Å². The summed E-state index contributed by atoms with van der Waals surface area (Å²) in [7, 11) is 0. The van der Waals surface area contributed by atoms with E-state index in [1.165, 1.54) is 0 Å². The molecule has 2 heterocycles. The van der Waals surface area contributed by atoms with Crippen LogP contribution in [0.1, 0.15) is 37.9 Å². The van der Waals surface area contributed by atoms with Gasteiger partial charge in [0, 0.05) is 30.3 Å². The number of ether oxygens (including phenoxy) is 2. The highest BCUT2D eigenvalue weighted by atomic mass is 35.5. The molecule has 0 spiro atoms. The molecule has 18 heavy (non-hydrogen) atoms. The van der Waals surface area contributed by atoms with Crippen molar-refractivity contribution in [3.63, 3.8) is 0 Å². The molecular formula is C13H19ClN2O2. The third kappa shape index (κ3) is 3.33. The minimum Gasteiger partial charge on any atom is -0.460 e. The molecule has 1 saturated heterocycles. The van der Waals surface area contributed by atoms with E-state index in [-0.39, 0.29) is 18.3 Å². The van der Waals surface area contributed by atoms with Gasteiger partial charge >= 0.3 is 6.01 Å². The predicted octanol–water partition coefficient (Wildman–Crippen LogP) is 2.86. The van der Waals surface area contributed by atoms with E-state index < -0.39 is 0 Å². The monoisotopic (exact) mass is 270 g/mol. The highest BCUT2D eigenvalue weighted by Gasteiger charge is 2.26. The largest absolute Gasteiger partial charge is 0.460 e. The standard InChI is InChI=1S/C13H19ClN2O2/c1-8-4-12(5-9(2)17-8)18-13-15-7-11(6-14)10(3)16-13/h7-9,12H,4-6H2,1-3H3. The van der Waals surface area contributed by atoms with Gasteiger partial charge in [0.25, 0.3) is 0 Å². The summed E-state index contributed by atoms with van der Waals surface area (Å²) >= 11 is 5.78. The molecule has 0 bridgehead atoms. The van der Waals surface area contributed by atoms with E-state index in [2.05, 4.69) is 23.8 Å². The molecule has 100 valence electrons. The summed E-state index contributed by atoms with van der Waals surface area (Å²) in [6.45, 7) is 6.05. The Morgan fingerprint density at radius 1 is 1.39 bits per heavy atom. The molecule has 0 N–H and O–H groups in total. The Bertz CT molecular complexity index is 404. The van der Waals surface area contributed by atoms with E-state index in [4.69, 9.17) is 21.1 Å². The lowest BCUT2D eigenvalue weighted by Crippen LogP contribution is -2.36. The van der Waals surface area contributed by atoms with Crippen molar-refractivity contribution in [1.82, 2.24) is 9.97 Å². The van der Waals surface area contributed by atoms with Gasteiger partial charge in [0.1, 0.15) is 6.10 Å². The zero-order valence-corrected chi connectivity index (χ0v) is 11.8. The normalized spacial score (nSPS) is 28.1. The molecular weight excluding hydrogens is 252 g/mol. The summed E-state index contributed by atoms with van der Waals surface area (Å²) in [6, 6.07) is 0.438. The number of aromatic nitrogens is 2. The second-order valence-corrected chi connectivity index (χ2v) is 5.13. The zero-order valence-electron chi connectivity index (χ0n) is 11.0. The topological polar surface area (TPSA) is 44.2 Å². The van der Waals surface area contributed by atoms with E-state index in [0.717, 1.165) is 24.1 Å². The first-order valence-corrected chi connectivity index (χ1v) is 6.82. The maximum atomic E-state index is 5.83. The van der Waals surface area contributed by atoms with Gasteiger partial charge in [0.15, 0.2) is 0 Å². The number of aryl methyl sites for hydroxylation is 1. The Balaban J connectivity index is 2.02. The van der Waals surface area contributed by atoms with E-state index in [0.29, 0.717) is 11.9 Å². The molecule has 2 unspecified atom stereocenters. The van der Waals surface area contributed by atoms with Crippen LogP contribution in [0.25, 0.3) is 0 Å². The molecule has 2 atom stereocenters. The van der Waals surface area contributed by atoms with Crippen LogP contribution in [0, 0.1) is 6.92 Å². The third-order valence-electron chi connectivity index (χ3n) is 3.13. The highest BCUT2D eigenvalue weighted by molar-refractivity contribution is 6.17. The van der Waals surface area contributed by atoms with Gasteiger partial charge in [-0.3, -0.25) is 0 Å². The van der Waals surface area contributed by atoms with Crippen molar-refractivity contribution in [1.29, 1.82) is 0 Å². The third-order valence-corrected chi connectivity index (χ3v) is 3.42. The van der Waals surface area contributed by atoms with Crippen LogP contribution in [0.2, 0.25) is 0 Å². The maximum Gasteiger partial charge on any atom is 0.316 e. The quantitative estimate of drug-likeness (QED) is 0.792. The zero-order chi connectivity index (χ0) is 13.1. The van der Waals surface area contributed by atoms with E-state index in [1.807, 2.05) is 6.92 Å². The smallest absolute Gasteiger partial charge is 0.316 e. The molecule has 0 saturated carbocycles. The number of nitrogens with zero attached hydrogens (tertiary/aromatic N) is 2. The van der Waals surface area contributed by atoms with Crippen LogP contribution in [0.4, 0.5) is 0 Å². The van der Waals surface area contributed by atoms with Gasteiger partial charge in [-0.15, -0.1) is 11.6 Å². The fraction of sp³-hybridized carbons (Fsp3) is 0.692. The first-order chi connectivity index (χ1) is 8.58. The maximum absolute atomic E-state index is 5.83. The van der Waals surface area contributed by atoms with Crippen LogP contribution in [-0.2, 0) is 10.6 Å². The van der Waals surface area contributed by atoms with Crippen molar-refractivity contribution in [2.24, 2.45) is 0 Å². The number of alkyl halides is 1. The summed E-state index contributed by atoms with van der Waals surface area (Å²) < 4.78 is 11.5. The van der Waals surface area contributed by atoms with Gasteiger partial charge in [-0.25, -0.2) is 9.97 Å². The Kier molecular flexibility index (Phi) is 4.40. The predicted molar refractivity (Wildman–Crippen MR) is 70.0 cm³/mol. The summed E-state index contributed by atoms with van der Waals surface area (Å²) in [4.78, 5) is 8.53. The average molecular weight is 271 g/mol. The van der Waals surface area contributed by atoms with Gasteiger partial charge in [0.05, 0.1) is 18.1 Å². The lowest BCUT2D eigenvalue weighted by atomic mass is 10.0. The Morgan fingerprint density at radius 3 is 2.61 bits per heavy atom. The molecule has 1 aliphatic heterocycles. The van der Waals surface area contributed by atoms with Crippen molar-refractivity contribution >= 4 is 11.6 Å². The van der Waals surface area contributed by atoms with Gasteiger partial charge < -0.3 is 9.47 Å². The van der Waals surface area contributed by atoms with Crippen LogP contribution < -0.4 is 4.74 Å². The SMILES string of the molecule is Cc1nc(OC2CC(C)OC(C)C2)ncc1CCl. The van der Waals surface area contributed by atoms with E-state index in [9.17, 15) is 0 Å². The average Bonchev–Trinajstić information content (AvgIpc) is 2.27. The minimum atomic E-state index is 0.130. The summed E-state index contributed by atoms with van der Waals surface area (Å²) in [5.41, 5.74) is 1.82. The summed E-state index contributed by atoms with van der Waals surface area (Å²) in [5, 5.41) is 0. The molecule has 2 rings (SSSR count). The molecule has 0 aromatic carbocycles. The summed E-state index contributed by atoms with van der Waals surface area (Å²) in [6.07, 6.45) is 4.07. The molecule has 1 aliphatic rings. The number of hydrogen-bond acceptors (Lipinski definition) is 4. The van der Waals surface area contributed by atoms with Crippen molar-refractivity contribution in [3.8, 4) is 6.01 Å². The van der Waals surface area contributed by atoms with Gasteiger partial charge in [-0.2, -0.15) is 0 Å². The van der Waals surface area contributed by atoms with Crippen molar-refractivity contribution in [2.75, 3.05) is 0 Å². The Morgan fingerprint density at radius 2 is 2.06 bits per heavy atom. The van der Waals surface area contributed by atoms with Gasteiger partial charge in [-0.1, -0.05) is 0 Å². The molecule has 0 aliphatic carbocycles. The molecule has 1 aromatic heterocycles. The van der Waals surface area contributed by atoms with Gasteiger partial charge in [-0.05, 0) is 20.8 Å². The van der Waals surface area contributed by atoms with E-state index in [1.54, 1.807) is 6.20 Å². The van der Waals surface area contributed by atoms with Crippen LogP contribution in [0.3, 0.4) is 0 Å². The van der Waals surface area contributed by atoms with Crippen molar-refractivity contribution in [2.45, 2.75) is 57.8 Å². The molecule has 4 nitrogen and oxygen atoms in total. The van der Waals surface area contributed by atoms with Gasteiger partial charge in [0.2, 0.25) is 0 Å². The second kappa shape index (κ2) is 5.85. The van der Waals surface area contributed by atoms with Crippen molar-refractivity contribution in [3.05, 3.63) is 17.5 Å². The first-order valence-electron chi connectivity index (χ1n) is 6.29. The molecule has 0 amide bonds. The van der Waals surface area contributed by atoms with Crippen LogP contribution >= 0.6 is 11.6 Å². The number of rotatable bonds is 3. The van der Waals surface area contributed by atoms with E-state index >= 15 is 0 Å². The number of hydrogen-bond donors (Lipinski definition) is 0. The lowest BCUT2D eigenvalue weighted by molar-refractivity contribution is -0.0739. The first kappa shape index (κ1) is 13.6. The van der Waals surface area contributed by atoms with Crippen molar-refractivity contribution < 1.29 is 9.47 Å². The fourth-order valence-electron chi connectivity index (χ4n) is 2.25. The molecule has 1 fully saturated rings. The minimum absolute atomic E-state index is 0.130. The van der Waals surface area contributed by atoms with Crippen LogP contribution in [0.15, 0.2) is 6.20 Å².